The molecule has 0 saturated heterocycles. The van der Waals surface area contributed by atoms with Crippen LogP contribution >= 0.6 is 0 Å². The van der Waals surface area contributed by atoms with E-state index in [4.69, 9.17) is 0 Å². The molecule has 16 heavy (non-hydrogen) atoms. The standard InChI is InChI=1S/C6H2F10/c7-3(5(11,12)13,6(14,15)16)1-2-4(8,9)10/h1-2H. The minimum atomic E-state index is -6.52. The summed E-state index contributed by atoms with van der Waals surface area (Å²) in [4.78, 5) is 0. The van der Waals surface area contributed by atoms with E-state index >= 15 is 0 Å². The average Bonchev–Trinajstić information content (AvgIpc) is 1.93. The van der Waals surface area contributed by atoms with Crippen LogP contribution < -0.4 is 0 Å². The highest BCUT2D eigenvalue weighted by Gasteiger charge is 2.71. The van der Waals surface area contributed by atoms with Crippen molar-refractivity contribution in [2.75, 3.05) is 0 Å². The van der Waals surface area contributed by atoms with E-state index in [9.17, 15) is 43.9 Å². The summed E-state index contributed by atoms with van der Waals surface area (Å²) in [5.41, 5.74) is -6.02. The molecule has 0 aliphatic rings. The summed E-state index contributed by atoms with van der Waals surface area (Å²) in [5, 5.41) is 0. The molecular weight excluding hydrogens is 262 g/mol. The quantitative estimate of drug-likeness (QED) is 0.497. The fourth-order valence-corrected chi connectivity index (χ4v) is 0.559. The zero-order valence-electron chi connectivity index (χ0n) is 6.93. The molecule has 0 rings (SSSR count). The van der Waals surface area contributed by atoms with Gasteiger partial charge >= 0.3 is 24.2 Å². The Balaban J connectivity index is 5.39. The van der Waals surface area contributed by atoms with Crippen LogP contribution in [0.15, 0.2) is 12.2 Å². The number of hydrogen-bond acceptors (Lipinski definition) is 0. The highest BCUT2D eigenvalue weighted by Crippen LogP contribution is 2.47. The first-order valence-electron chi connectivity index (χ1n) is 3.30. The monoisotopic (exact) mass is 264 g/mol. The number of hydrogen-bond donors (Lipinski definition) is 0. The van der Waals surface area contributed by atoms with Gasteiger partial charge in [-0.25, -0.2) is 4.39 Å². The van der Waals surface area contributed by atoms with Crippen molar-refractivity contribution in [3.63, 3.8) is 0 Å². The molecule has 0 nitrogen and oxygen atoms in total. The molecule has 0 radical (unpaired) electrons. The Morgan fingerprint density at radius 3 is 1.00 bits per heavy atom. The van der Waals surface area contributed by atoms with Crippen LogP contribution in [-0.4, -0.2) is 24.2 Å². The molecular formula is C6H2F10. The largest absolute Gasteiger partial charge is 0.435 e. The molecule has 0 amide bonds. The molecule has 0 fully saturated rings. The van der Waals surface area contributed by atoms with Crippen molar-refractivity contribution in [3.05, 3.63) is 12.2 Å². The van der Waals surface area contributed by atoms with Gasteiger partial charge in [-0.3, -0.25) is 0 Å². The molecule has 0 bridgehead atoms. The number of rotatable bonds is 1. The molecule has 0 atom stereocenters. The molecule has 0 aliphatic carbocycles. The van der Waals surface area contributed by atoms with Crippen molar-refractivity contribution in [2.24, 2.45) is 0 Å². The van der Waals surface area contributed by atoms with E-state index in [1.54, 1.807) is 0 Å². The van der Waals surface area contributed by atoms with E-state index in [0.29, 0.717) is 0 Å². The summed E-state index contributed by atoms with van der Waals surface area (Å²) in [6.07, 6.45) is -21.6. The SMILES string of the molecule is FC(F)(F)C=CC(F)(C(F)(F)F)C(F)(F)F. The van der Waals surface area contributed by atoms with Gasteiger partial charge in [-0.2, -0.15) is 39.5 Å². The summed E-state index contributed by atoms with van der Waals surface area (Å²) < 4.78 is 117. The van der Waals surface area contributed by atoms with Crippen molar-refractivity contribution in [3.8, 4) is 0 Å². The van der Waals surface area contributed by atoms with Crippen LogP contribution in [0.3, 0.4) is 0 Å². The van der Waals surface area contributed by atoms with Crippen molar-refractivity contribution in [1.82, 2.24) is 0 Å². The maximum absolute atomic E-state index is 12.5. The van der Waals surface area contributed by atoms with Crippen LogP contribution in [0, 0.1) is 0 Å². The molecule has 0 aromatic heterocycles. The lowest BCUT2D eigenvalue weighted by Gasteiger charge is -2.27. The minimum absolute atomic E-state index is 1.45. The summed E-state index contributed by atoms with van der Waals surface area (Å²) in [6, 6.07) is 0. The van der Waals surface area contributed by atoms with Gasteiger partial charge < -0.3 is 0 Å². The van der Waals surface area contributed by atoms with Crippen LogP contribution in [0.1, 0.15) is 0 Å². The fraction of sp³-hybridized carbons (Fsp3) is 0.667. The van der Waals surface area contributed by atoms with Gasteiger partial charge in [0.05, 0.1) is 0 Å². The Bertz CT molecular complexity index is 249. The van der Waals surface area contributed by atoms with Gasteiger partial charge in [0.25, 0.3) is 0 Å². The predicted molar refractivity (Wildman–Crippen MR) is 31.1 cm³/mol. The molecule has 0 unspecified atom stereocenters. The Morgan fingerprint density at radius 1 is 0.500 bits per heavy atom. The molecule has 0 aliphatic heterocycles. The normalized spacial score (nSPS) is 15.9. The van der Waals surface area contributed by atoms with E-state index in [1.165, 1.54) is 0 Å². The minimum Gasteiger partial charge on any atom is -0.219 e. The second-order valence-corrected chi connectivity index (χ2v) is 2.58. The smallest absolute Gasteiger partial charge is 0.219 e. The van der Waals surface area contributed by atoms with Crippen LogP contribution in [0.5, 0.6) is 0 Å². The maximum Gasteiger partial charge on any atom is 0.435 e. The third-order valence-electron chi connectivity index (χ3n) is 1.33. The predicted octanol–water partition coefficient (Wildman–Crippen LogP) is 3.94. The van der Waals surface area contributed by atoms with Gasteiger partial charge in [0.1, 0.15) is 0 Å². The third-order valence-corrected chi connectivity index (χ3v) is 1.33. The Morgan fingerprint density at radius 2 is 0.812 bits per heavy atom. The van der Waals surface area contributed by atoms with Crippen LogP contribution in [0.2, 0.25) is 0 Å². The first-order chi connectivity index (χ1) is 6.71. The molecule has 10 heteroatoms. The Kier molecular flexibility index (Phi) is 3.58. The van der Waals surface area contributed by atoms with Gasteiger partial charge in [-0.05, 0) is 6.08 Å². The lowest BCUT2D eigenvalue weighted by atomic mass is 10.0. The highest BCUT2D eigenvalue weighted by molar-refractivity contribution is 5.12. The maximum atomic E-state index is 12.5. The molecule has 96 valence electrons. The summed E-state index contributed by atoms with van der Waals surface area (Å²) in [7, 11) is 0. The zero-order chi connectivity index (χ0) is 13.4. The topological polar surface area (TPSA) is 0 Å². The lowest BCUT2D eigenvalue weighted by molar-refractivity contribution is -0.322. The van der Waals surface area contributed by atoms with Crippen molar-refractivity contribution in [1.29, 1.82) is 0 Å². The van der Waals surface area contributed by atoms with Crippen molar-refractivity contribution < 1.29 is 43.9 Å². The van der Waals surface area contributed by atoms with Gasteiger partial charge in [-0.15, -0.1) is 0 Å². The van der Waals surface area contributed by atoms with Gasteiger partial charge in [0.15, 0.2) is 0 Å². The van der Waals surface area contributed by atoms with Crippen LogP contribution in [-0.2, 0) is 0 Å². The third kappa shape index (κ3) is 3.27. The summed E-state index contributed by atoms with van der Waals surface area (Å²) >= 11 is 0. The second kappa shape index (κ2) is 3.81. The average molecular weight is 264 g/mol. The van der Waals surface area contributed by atoms with E-state index in [0.717, 1.165) is 0 Å². The summed E-state index contributed by atoms with van der Waals surface area (Å²) in [5.74, 6) is 0. The zero-order valence-corrected chi connectivity index (χ0v) is 6.93. The van der Waals surface area contributed by atoms with E-state index in [2.05, 4.69) is 0 Å². The fourth-order valence-electron chi connectivity index (χ4n) is 0.559. The number of halogens is 10. The van der Waals surface area contributed by atoms with Crippen LogP contribution in [0.4, 0.5) is 43.9 Å². The molecule has 0 aromatic rings. The first-order valence-corrected chi connectivity index (χ1v) is 3.30. The van der Waals surface area contributed by atoms with Gasteiger partial charge in [-0.1, -0.05) is 0 Å². The van der Waals surface area contributed by atoms with Gasteiger partial charge in [0.2, 0.25) is 0 Å². The number of allylic oxidation sites excluding steroid dienone is 2. The van der Waals surface area contributed by atoms with E-state index < -0.39 is 36.3 Å². The molecule has 0 heterocycles. The Labute approximate surface area is 81.5 Å². The molecule has 0 aromatic carbocycles. The van der Waals surface area contributed by atoms with E-state index in [1.807, 2.05) is 0 Å². The second-order valence-electron chi connectivity index (χ2n) is 2.58. The van der Waals surface area contributed by atoms with Crippen molar-refractivity contribution in [2.45, 2.75) is 24.2 Å². The van der Waals surface area contributed by atoms with Crippen LogP contribution in [0.25, 0.3) is 0 Å². The lowest BCUT2D eigenvalue weighted by Crippen LogP contribution is -2.51. The molecule has 0 saturated carbocycles. The number of alkyl halides is 10. The highest BCUT2D eigenvalue weighted by atomic mass is 19.4. The Hall–Kier alpha value is -0.960. The molecule has 0 spiro atoms. The molecule has 0 N–H and O–H groups in total. The van der Waals surface area contributed by atoms with Crippen molar-refractivity contribution >= 4 is 0 Å². The summed E-state index contributed by atoms with van der Waals surface area (Å²) in [6.45, 7) is 0. The van der Waals surface area contributed by atoms with E-state index in [-0.39, 0.29) is 0 Å². The van der Waals surface area contributed by atoms with Gasteiger partial charge in [0, 0.05) is 6.08 Å². The first kappa shape index (κ1) is 15.0.